The molecule has 0 bridgehead atoms. The van der Waals surface area contributed by atoms with Crippen LogP contribution in [0, 0.1) is 23.7 Å². The molecule has 3 saturated heterocycles. The van der Waals surface area contributed by atoms with Gasteiger partial charge in [0.1, 0.15) is 18.6 Å². The van der Waals surface area contributed by atoms with Crippen LogP contribution in [0.15, 0.2) is 0 Å². The molecule has 6 heteroatoms. The summed E-state index contributed by atoms with van der Waals surface area (Å²) in [7, 11) is 0. The molecule has 5 rings (SSSR count). The van der Waals surface area contributed by atoms with Crippen LogP contribution in [0.25, 0.3) is 0 Å². The van der Waals surface area contributed by atoms with E-state index in [-0.39, 0.29) is 24.4 Å². The molecule has 0 spiro atoms. The molecule has 0 radical (unpaired) electrons. The molecule has 25 heavy (non-hydrogen) atoms. The quantitative estimate of drug-likeness (QED) is 0.520. The molecular formula is C19H32FN4O+. The fraction of sp³-hybridized carbons (Fsp3) is 0.947. The molecule has 10 unspecified atom stereocenters. The predicted octanol–water partition coefficient (Wildman–Crippen LogP) is 0.824. The summed E-state index contributed by atoms with van der Waals surface area (Å²) in [6, 6.07) is 1.16. The molecule has 10 atom stereocenters. The van der Waals surface area contributed by atoms with Crippen LogP contribution < -0.4 is 16.4 Å². The van der Waals surface area contributed by atoms with Crippen molar-refractivity contribution in [3.8, 4) is 0 Å². The van der Waals surface area contributed by atoms with Crippen molar-refractivity contribution in [1.82, 2.24) is 10.6 Å². The Labute approximate surface area is 149 Å². The van der Waals surface area contributed by atoms with E-state index in [4.69, 9.17) is 10.5 Å². The van der Waals surface area contributed by atoms with E-state index in [0.717, 1.165) is 32.4 Å². The van der Waals surface area contributed by atoms with Crippen LogP contribution >= 0.6 is 0 Å². The number of fused-ring (bicyclic) bond motifs is 1. The van der Waals surface area contributed by atoms with Gasteiger partial charge in [-0.3, -0.25) is 5.32 Å². The van der Waals surface area contributed by atoms with Gasteiger partial charge < -0.3 is 15.8 Å². The third-order valence-electron chi connectivity index (χ3n) is 7.57. The van der Waals surface area contributed by atoms with E-state index in [0.29, 0.717) is 29.8 Å². The first-order chi connectivity index (χ1) is 12.1. The van der Waals surface area contributed by atoms with Crippen molar-refractivity contribution in [2.75, 3.05) is 13.1 Å². The summed E-state index contributed by atoms with van der Waals surface area (Å²) in [5.74, 6) is 2.21. The van der Waals surface area contributed by atoms with Crippen molar-refractivity contribution >= 4 is 6.21 Å². The number of rotatable bonds is 3. The number of halogens is 1. The summed E-state index contributed by atoms with van der Waals surface area (Å²) < 4.78 is 21.9. The van der Waals surface area contributed by atoms with Gasteiger partial charge in [-0.05, 0) is 50.0 Å². The molecule has 0 aromatic carbocycles. The molecule has 0 aromatic heterocycles. The summed E-state index contributed by atoms with van der Waals surface area (Å²) in [6.45, 7) is 4.25. The molecule has 4 N–H and O–H groups in total. The molecule has 0 amide bonds. The summed E-state index contributed by atoms with van der Waals surface area (Å²) in [5.41, 5.74) is 5.89. The number of epoxide rings is 1. The number of alkyl halides is 1. The molecule has 140 valence electrons. The molecule has 0 aromatic rings. The minimum absolute atomic E-state index is 0.0954. The number of hydrogen-bond acceptors (Lipinski definition) is 4. The van der Waals surface area contributed by atoms with E-state index >= 15 is 0 Å². The minimum Gasteiger partial charge on any atom is -0.344 e. The number of nitrogens with two attached hydrogens (primary N) is 1. The maximum atomic E-state index is 13.9. The fourth-order valence-electron chi connectivity index (χ4n) is 6.14. The Bertz CT molecular complexity index is 558. The summed E-state index contributed by atoms with van der Waals surface area (Å²) in [5, 5.41) is 7.37. The summed E-state index contributed by atoms with van der Waals surface area (Å²) >= 11 is 0. The van der Waals surface area contributed by atoms with Gasteiger partial charge in [0.25, 0.3) is 0 Å². The molecule has 1 aliphatic carbocycles. The lowest BCUT2D eigenvalue weighted by molar-refractivity contribution is -0.570. The maximum absolute atomic E-state index is 13.9. The lowest BCUT2D eigenvalue weighted by Gasteiger charge is -2.36. The predicted molar refractivity (Wildman–Crippen MR) is 94.2 cm³/mol. The smallest absolute Gasteiger partial charge is 0.237 e. The van der Waals surface area contributed by atoms with Gasteiger partial charge in [-0.15, -0.1) is 0 Å². The normalized spacial score (nSPS) is 55.2. The van der Waals surface area contributed by atoms with Crippen LogP contribution in [0.5, 0.6) is 0 Å². The van der Waals surface area contributed by atoms with Crippen LogP contribution in [0.3, 0.4) is 0 Å². The summed E-state index contributed by atoms with van der Waals surface area (Å²) in [4.78, 5) is 0. The molecule has 5 aliphatic rings. The standard InChI is InChI=1S/C19H32FN4O/c1-10-6-11(2-3-15(10)20)16-14(4-5-22-16)12-7-13-8-23-19(24(13)9-12)17-18(21)25-17/h9-19,22-23H,2-8,21H2,1H3/q+1. The van der Waals surface area contributed by atoms with Crippen molar-refractivity contribution < 1.29 is 13.7 Å². The topological polar surface area (TPSA) is 65.6 Å². The minimum atomic E-state index is -0.589. The second-order valence-corrected chi connectivity index (χ2v) is 9.07. The molecule has 4 heterocycles. The molecule has 4 aliphatic heterocycles. The fourth-order valence-corrected chi connectivity index (χ4v) is 6.14. The first-order valence-corrected chi connectivity index (χ1v) is 10.3. The highest BCUT2D eigenvalue weighted by Gasteiger charge is 2.56. The van der Waals surface area contributed by atoms with Crippen molar-refractivity contribution in [2.24, 2.45) is 29.4 Å². The van der Waals surface area contributed by atoms with Crippen LogP contribution in [0.2, 0.25) is 0 Å². The van der Waals surface area contributed by atoms with Crippen LogP contribution in [-0.4, -0.2) is 60.6 Å². The number of ether oxygens (including phenoxy) is 1. The van der Waals surface area contributed by atoms with Crippen molar-refractivity contribution in [3.63, 3.8) is 0 Å². The van der Waals surface area contributed by atoms with E-state index in [2.05, 4.69) is 28.3 Å². The van der Waals surface area contributed by atoms with Gasteiger partial charge in [-0.25, -0.2) is 8.97 Å². The van der Waals surface area contributed by atoms with Crippen LogP contribution in [-0.2, 0) is 4.74 Å². The Morgan fingerprint density at radius 2 is 2.04 bits per heavy atom. The lowest BCUT2D eigenvalue weighted by Crippen LogP contribution is -2.42. The zero-order chi connectivity index (χ0) is 17.1. The summed E-state index contributed by atoms with van der Waals surface area (Å²) in [6.07, 6.45) is 7.56. The van der Waals surface area contributed by atoms with Gasteiger partial charge in [0, 0.05) is 18.4 Å². The van der Waals surface area contributed by atoms with Crippen molar-refractivity contribution in [1.29, 1.82) is 0 Å². The second kappa shape index (κ2) is 6.25. The van der Waals surface area contributed by atoms with E-state index in [1.54, 1.807) is 0 Å². The number of hydrogen-bond donors (Lipinski definition) is 3. The lowest BCUT2D eigenvalue weighted by atomic mass is 9.71. The molecule has 1 saturated carbocycles. The van der Waals surface area contributed by atoms with Crippen molar-refractivity contribution in [3.05, 3.63) is 0 Å². The van der Waals surface area contributed by atoms with Gasteiger partial charge in [0.2, 0.25) is 6.17 Å². The SMILES string of the molecule is CC1CC(C2NCCC2C2C=[N+]3C(CNC3C3OC3N)C2)CCC1F. The first kappa shape index (κ1) is 16.6. The zero-order valence-electron chi connectivity index (χ0n) is 15.1. The van der Waals surface area contributed by atoms with Gasteiger partial charge in [-0.1, -0.05) is 6.92 Å². The van der Waals surface area contributed by atoms with Gasteiger partial charge >= 0.3 is 0 Å². The Morgan fingerprint density at radius 1 is 1.20 bits per heavy atom. The largest absolute Gasteiger partial charge is 0.344 e. The monoisotopic (exact) mass is 351 g/mol. The Hall–Kier alpha value is -0.560. The van der Waals surface area contributed by atoms with E-state index in [1.165, 1.54) is 12.8 Å². The van der Waals surface area contributed by atoms with Crippen LogP contribution in [0.1, 0.15) is 39.0 Å². The second-order valence-electron chi connectivity index (χ2n) is 9.07. The third-order valence-corrected chi connectivity index (χ3v) is 7.57. The first-order valence-electron chi connectivity index (χ1n) is 10.3. The average Bonchev–Trinajstić information content (AvgIpc) is 3.02. The Kier molecular flexibility index (Phi) is 4.15. The van der Waals surface area contributed by atoms with Gasteiger partial charge in [0.15, 0.2) is 12.1 Å². The Balaban J connectivity index is 1.29. The third kappa shape index (κ3) is 2.85. The van der Waals surface area contributed by atoms with Crippen LogP contribution in [0.4, 0.5) is 4.39 Å². The van der Waals surface area contributed by atoms with E-state index in [9.17, 15) is 4.39 Å². The van der Waals surface area contributed by atoms with E-state index in [1.807, 2.05) is 0 Å². The highest BCUT2D eigenvalue weighted by atomic mass is 19.1. The average molecular weight is 351 g/mol. The maximum Gasteiger partial charge on any atom is 0.237 e. The molecule has 5 nitrogen and oxygen atoms in total. The molecule has 4 fully saturated rings. The molecular weight excluding hydrogens is 319 g/mol. The highest BCUT2D eigenvalue weighted by molar-refractivity contribution is 5.58. The van der Waals surface area contributed by atoms with Gasteiger partial charge in [-0.2, -0.15) is 0 Å². The Morgan fingerprint density at radius 3 is 2.80 bits per heavy atom. The number of nitrogens with one attached hydrogen (secondary N) is 2. The zero-order valence-corrected chi connectivity index (χ0v) is 15.1. The van der Waals surface area contributed by atoms with E-state index < -0.39 is 6.17 Å². The van der Waals surface area contributed by atoms with Gasteiger partial charge in [0.05, 0.1) is 6.54 Å². The highest BCUT2D eigenvalue weighted by Crippen LogP contribution is 2.41. The van der Waals surface area contributed by atoms with Crippen molar-refractivity contribution in [2.45, 2.75) is 75.8 Å². The number of nitrogens with zero attached hydrogens (tertiary/aromatic N) is 1.